The zero-order valence-corrected chi connectivity index (χ0v) is 13.1. The van der Waals surface area contributed by atoms with Gasteiger partial charge in [0.05, 0.1) is 18.7 Å². The van der Waals surface area contributed by atoms with E-state index in [9.17, 15) is 9.59 Å². The second-order valence-corrected chi connectivity index (χ2v) is 5.53. The monoisotopic (exact) mass is 310 g/mol. The third-order valence-corrected chi connectivity index (χ3v) is 4.02. The first-order valence-electron chi connectivity index (χ1n) is 7.43. The lowest BCUT2D eigenvalue weighted by molar-refractivity contribution is -0.122. The van der Waals surface area contributed by atoms with Crippen molar-refractivity contribution in [1.29, 1.82) is 0 Å². The minimum absolute atomic E-state index is 0.0976. The maximum atomic E-state index is 12.4. The van der Waals surface area contributed by atoms with Crippen molar-refractivity contribution in [2.75, 3.05) is 17.7 Å². The van der Waals surface area contributed by atoms with Crippen LogP contribution in [-0.2, 0) is 9.59 Å². The van der Waals surface area contributed by atoms with Gasteiger partial charge in [-0.2, -0.15) is 0 Å². The lowest BCUT2D eigenvalue weighted by Gasteiger charge is -2.14. The van der Waals surface area contributed by atoms with E-state index in [0.717, 1.165) is 16.8 Å². The van der Waals surface area contributed by atoms with E-state index in [1.807, 2.05) is 43.3 Å². The molecule has 0 spiro atoms. The van der Waals surface area contributed by atoms with Crippen molar-refractivity contribution >= 4 is 23.2 Å². The smallest absolute Gasteiger partial charge is 0.232 e. The summed E-state index contributed by atoms with van der Waals surface area (Å²) in [6.45, 7) is 1.90. The number of hydrogen-bond donors (Lipinski definition) is 2. The number of anilines is 2. The molecule has 1 heterocycles. The Kier molecular flexibility index (Phi) is 4.02. The number of amides is 2. The Morgan fingerprint density at radius 1 is 1.22 bits per heavy atom. The molecule has 118 valence electrons. The van der Waals surface area contributed by atoms with Crippen LogP contribution in [0.5, 0.6) is 5.75 Å². The predicted octanol–water partition coefficient (Wildman–Crippen LogP) is 3.07. The van der Waals surface area contributed by atoms with Gasteiger partial charge in [0.1, 0.15) is 5.75 Å². The Labute approximate surface area is 134 Å². The number of carbonyl (C=O) groups excluding carboxylic acids is 2. The summed E-state index contributed by atoms with van der Waals surface area (Å²) < 4.78 is 5.28. The van der Waals surface area contributed by atoms with Crippen LogP contribution in [0.1, 0.15) is 23.5 Å². The highest BCUT2D eigenvalue weighted by atomic mass is 16.5. The number of nitrogens with one attached hydrogen (secondary N) is 2. The van der Waals surface area contributed by atoms with Gasteiger partial charge in [-0.25, -0.2) is 0 Å². The fourth-order valence-electron chi connectivity index (χ4n) is 2.83. The Bertz CT molecular complexity index is 771. The van der Waals surface area contributed by atoms with E-state index in [1.54, 1.807) is 13.2 Å². The summed E-state index contributed by atoms with van der Waals surface area (Å²) in [6.07, 6.45) is 0.0976. The van der Waals surface area contributed by atoms with Gasteiger partial charge in [0.25, 0.3) is 0 Å². The molecule has 0 radical (unpaired) electrons. The van der Waals surface area contributed by atoms with Crippen LogP contribution in [0.2, 0.25) is 0 Å². The molecule has 3 rings (SSSR count). The number of methoxy groups -OCH3 is 1. The highest BCUT2D eigenvalue weighted by molar-refractivity contribution is 6.06. The molecule has 2 aromatic rings. The summed E-state index contributed by atoms with van der Waals surface area (Å²) in [4.78, 5) is 24.5. The number of hydrogen-bond acceptors (Lipinski definition) is 3. The third-order valence-electron chi connectivity index (χ3n) is 4.02. The maximum absolute atomic E-state index is 12.4. The van der Waals surface area contributed by atoms with Crippen LogP contribution >= 0.6 is 0 Å². The van der Waals surface area contributed by atoms with Crippen molar-refractivity contribution < 1.29 is 14.3 Å². The molecule has 5 heteroatoms. The van der Waals surface area contributed by atoms with Crippen molar-refractivity contribution in [1.82, 2.24) is 0 Å². The van der Waals surface area contributed by atoms with E-state index < -0.39 is 5.92 Å². The SMILES string of the molecule is COc1cccc(C)c1NC(=O)CC1C(=O)Nc2ccccc21. The average molecular weight is 310 g/mol. The fourth-order valence-corrected chi connectivity index (χ4v) is 2.83. The van der Waals surface area contributed by atoms with Crippen LogP contribution in [0.15, 0.2) is 42.5 Å². The van der Waals surface area contributed by atoms with Gasteiger partial charge < -0.3 is 15.4 Å². The molecule has 2 aromatic carbocycles. The van der Waals surface area contributed by atoms with Crippen LogP contribution in [0.4, 0.5) is 11.4 Å². The Morgan fingerprint density at radius 2 is 2.00 bits per heavy atom. The summed E-state index contributed by atoms with van der Waals surface area (Å²) >= 11 is 0. The summed E-state index contributed by atoms with van der Waals surface area (Å²) in [6, 6.07) is 13.0. The van der Waals surface area contributed by atoms with Crippen molar-refractivity contribution in [2.24, 2.45) is 0 Å². The van der Waals surface area contributed by atoms with Gasteiger partial charge in [0, 0.05) is 12.1 Å². The van der Waals surface area contributed by atoms with E-state index in [1.165, 1.54) is 0 Å². The van der Waals surface area contributed by atoms with Gasteiger partial charge in [0.15, 0.2) is 0 Å². The molecule has 1 atom stereocenters. The van der Waals surface area contributed by atoms with Crippen molar-refractivity contribution in [3.8, 4) is 5.75 Å². The molecular formula is C18H18N2O3. The summed E-state index contributed by atoms with van der Waals surface area (Å²) in [5.41, 5.74) is 3.20. The Morgan fingerprint density at radius 3 is 2.78 bits per heavy atom. The molecule has 0 aliphatic carbocycles. The maximum Gasteiger partial charge on any atom is 0.232 e. The van der Waals surface area contributed by atoms with Crippen LogP contribution in [-0.4, -0.2) is 18.9 Å². The minimum atomic E-state index is -0.457. The topological polar surface area (TPSA) is 67.4 Å². The molecule has 2 N–H and O–H groups in total. The van der Waals surface area contributed by atoms with Crippen LogP contribution < -0.4 is 15.4 Å². The second-order valence-electron chi connectivity index (χ2n) is 5.53. The van der Waals surface area contributed by atoms with E-state index in [4.69, 9.17) is 4.74 Å². The van der Waals surface area contributed by atoms with Crippen molar-refractivity contribution in [2.45, 2.75) is 19.3 Å². The van der Waals surface area contributed by atoms with Crippen molar-refractivity contribution in [3.05, 3.63) is 53.6 Å². The molecule has 0 bridgehead atoms. The van der Waals surface area contributed by atoms with Gasteiger partial charge in [-0.15, -0.1) is 0 Å². The number of aryl methyl sites for hydroxylation is 1. The minimum Gasteiger partial charge on any atom is -0.495 e. The third kappa shape index (κ3) is 2.90. The molecule has 0 saturated carbocycles. The molecule has 5 nitrogen and oxygen atoms in total. The highest BCUT2D eigenvalue weighted by Crippen LogP contribution is 2.35. The molecule has 23 heavy (non-hydrogen) atoms. The fraction of sp³-hybridized carbons (Fsp3) is 0.222. The molecule has 0 aromatic heterocycles. The first-order valence-corrected chi connectivity index (χ1v) is 7.43. The lowest BCUT2D eigenvalue weighted by Crippen LogP contribution is -2.21. The summed E-state index contributed by atoms with van der Waals surface area (Å²) in [7, 11) is 1.56. The van der Waals surface area contributed by atoms with E-state index >= 15 is 0 Å². The summed E-state index contributed by atoms with van der Waals surface area (Å²) in [5.74, 6) is -0.205. The zero-order chi connectivity index (χ0) is 16.4. The van der Waals surface area contributed by atoms with Crippen molar-refractivity contribution in [3.63, 3.8) is 0 Å². The number of rotatable bonds is 4. The standard InChI is InChI=1S/C18H18N2O3/c1-11-6-5-9-15(23-2)17(11)20-16(21)10-13-12-7-3-4-8-14(12)19-18(13)22/h3-9,13H,10H2,1-2H3,(H,19,22)(H,20,21). The molecule has 1 aliphatic rings. The van der Waals surface area contributed by atoms with Crippen LogP contribution in [0.25, 0.3) is 0 Å². The molecule has 2 amide bonds. The van der Waals surface area contributed by atoms with Gasteiger partial charge in [-0.3, -0.25) is 9.59 Å². The number of ether oxygens (including phenoxy) is 1. The number of para-hydroxylation sites is 2. The van der Waals surface area contributed by atoms with E-state index in [0.29, 0.717) is 11.4 Å². The highest BCUT2D eigenvalue weighted by Gasteiger charge is 2.32. The van der Waals surface area contributed by atoms with Gasteiger partial charge in [-0.1, -0.05) is 30.3 Å². The lowest BCUT2D eigenvalue weighted by atomic mass is 9.97. The zero-order valence-electron chi connectivity index (χ0n) is 13.1. The largest absolute Gasteiger partial charge is 0.495 e. The molecule has 0 saturated heterocycles. The second kappa shape index (κ2) is 6.12. The van der Waals surface area contributed by atoms with Gasteiger partial charge in [-0.05, 0) is 30.2 Å². The van der Waals surface area contributed by atoms with Crippen LogP contribution in [0.3, 0.4) is 0 Å². The number of fused-ring (bicyclic) bond motifs is 1. The summed E-state index contributed by atoms with van der Waals surface area (Å²) in [5, 5.41) is 5.67. The first-order chi connectivity index (χ1) is 11.1. The van der Waals surface area contributed by atoms with Crippen LogP contribution in [0, 0.1) is 6.92 Å². The predicted molar refractivity (Wildman–Crippen MR) is 88.8 cm³/mol. The Hall–Kier alpha value is -2.82. The molecule has 1 unspecified atom stereocenters. The average Bonchev–Trinajstić information content (AvgIpc) is 2.85. The first kappa shape index (κ1) is 15.1. The molecular weight excluding hydrogens is 292 g/mol. The molecule has 0 fully saturated rings. The van der Waals surface area contributed by atoms with Gasteiger partial charge >= 0.3 is 0 Å². The molecule has 1 aliphatic heterocycles. The van der Waals surface area contributed by atoms with Gasteiger partial charge in [0.2, 0.25) is 11.8 Å². The Balaban J connectivity index is 1.77. The number of benzene rings is 2. The van der Waals surface area contributed by atoms with E-state index in [2.05, 4.69) is 10.6 Å². The quantitative estimate of drug-likeness (QED) is 0.912. The number of carbonyl (C=O) groups is 2. The van der Waals surface area contributed by atoms with E-state index in [-0.39, 0.29) is 18.2 Å². The normalized spacial score (nSPS) is 15.7.